The van der Waals surface area contributed by atoms with Gasteiger partial charge in [-0.3, -0.25) is 14.9 Å². The standard InChI is InChI=1S/C13H18N2O5/c1-9(2)20-8-7-14(3)13(17)10-5-4-6-11(12(10)16)15(18)19/h4-6,9,16H,7-8H2,1-3H3. The van der Waals surface area contributed by atoms with Crippen LogP contribution in [-0.4, -0.2) is 47.1 Å². The normalized spacial score (nSPS) is 10.6. The number of amides is 1. The number of benzene rings is 1. The molecule has 1 amide bonds. The van der Waals surface area contributed by atoms with Crippen LogP contribution in [0.4, 0.5) is 5.69 Å². The molecule has 0 spiro atoms. The van der Waals surface area contributed by atoms with E-state index >= 15 is 0 Å². The minimum atomic E-state index is -0.728. The molecule has 0 aliphatic carbocycles. The molecule has 20 heavy (non-hydrogen) atoms. The van der Waals surface area contributed by atoms with E-state index < -0.39 is 22.3 Å². The number of carbonyl (C=O) groups excluding carboxylic acids is 1. The summed E-state index contributed by atoms with van der Waals surface area (Å²) in [5.41, 5.74) is -0.575. The molecule has 1 aromatic carbocycles. The van der Waals surface area contributed by atoms with E-state index in [-0.39, 0.29) is 11.7 Å². The van der Waals surface area contributed by atoms with Crippen molar-refractivity contribution < 1.29 is 19.6 Å². The number of likely N-dealkylation sites (N-methyl/N-ethyl adjacent to an activating group) is 1. The van der Waals surface area contributed by atoms with Crippen molar-refractivity contribution in [2.24, 2.45) is 0 Å². The van der Waals surface area contributed by atoms with E-state index in [1.807, 2.05) is 13.8 Å². The van der Waals surface area contributed by atoms with Gasteiger partial charge in [-0.1, -0.05) is 6.07 Å². The molecule has 0 heterocycles. The van der Waals surface area contributed by atoms with E-state index in [4.69, 9.17) is 4.74 Å². The van der Waals surface area contributed by atoms with Crippen LogP contribution in [0.3, 0.4) is 0 Å². The second kappa shape index (κ2) is 6.85. The first-order valence-corrected chi connectivity index (χ1v) is 6.18. The summed E-state index contributed by atoms with van der Waals surface area (Å²) in [5, 5.41) is 20.5. The molecule has 110 valence electrons. The third-order valence-corrected chi connectivity index (χ3v) is 2.67. The zero-order valence-corrected chi connectivity index (χ0v) is 11.7. The summed E-state index contributed by atoms with van der Waals surface area (Å²) >= 11 is 0. The van der Waals surface area contributed by atoms with Crippen LogP contribution < -0.4 is 0 Å². The van der Waals surface area contributed by atoms with Gasteiger partial charge in [-0.15, -0.1) is 0 Å². The molecule has 0 radical (unpaired) electrons. The number of nitrogens with zero attached hydrogens (tertiary/aromatic N) is 2. The number of nitro benzene ring substituents is 1. The fourth-order valence-electron chi connectivity index (χ4n) is 1.58. The number of hydrogen-bond acceptors (Lipinski definition) is 5. The Labute approximate surface area is 116 Å². The van der Waals surface area contributed by atoms with E-state index in [1.54, 1.807) is 7.05 Å². The Kier molecular flexibility index (Phi) is 5.45. The first kappa shape index (κ1) is 15.9. The van der Waals surface area contributed by atoms with Crippen molar-refractivity contribution in [3.63, 3.8) is 0 Å². The van der Waals surface area contributed by atoms with Crippen molar-refractivity contribution in [1.82, 2.24) is 4.90 Å². The predicted molar refractivity (Wildman–Crippen MR) is 72.8 cm³/mol. The molecular formula is C13H18N2O5. The Morgan fingerprint density at radius 1 is 1.50 bits per heavy atom. The molecule has 0 aliphatic heterocycles. The van der Waals surface area contributed by atoms with Gasteiger partial charge < -0.3 is 14.7 Å². The van der Waals surface area contributed by atoms with Crippen molar-refractivity contribution in [3.8, 4) is 5.75 Å². The Hall–Kier alpha value is -2.15. The first-order valence-electron chi connectivity index (χ1n) is 6.18. The van der Waals surface area contributed by atoms with Gasteiger partial charge >= 0.3 is 5.69 Å². The highest BCUT2D eigenvalue weighted by molar-refractivity contribution is 5.97. The van der Waals surface area contributed by atoms with Crippen molar-refractivity contribution in [1.29, 1.82) is 0 Å². The number of phenolic OH excluding ortho intramolecular Hbond substituents is 1. The topological polar surface area (TPSA) is 92.9 Å². The van der Waals surface area contributed by atoms with E-state index in [0.717, 1.165) is 6.07 Å². The fourth-order valence-corrected chi connectivity index (χ4v) is 1.58. The summed E-state index contributed by atoms with van der Waals surface area (Å²) in [6.45, 7) is 4.46. The highest BCUT2D eigenvalue weighted by Crippen LogP contribution is 2.29. The molecule has 0 saturated heterocycles. The number of hydrogen-bond donors (Lipinski definition) is 1. The largest absolute Gasteiger partial charge is 0.502 e. The molecule has 0 bridgehead atoms. The van der Waals surface area contributed by atoms with Crippen molar-refractivity contribution in [3.05, 3.63) is 33.9 Å². The Bertz CT molecular complexity index is 502. The van der Waals surface area contributed by atoms with Gasteiger partial charge in [-0.05, 0) is 19.9 Å². The number of rotatable bonds is 6. The molecule has 1 aromatic rings. The van der Waals surface area contributed by atoms with Crippen LogP contribution in [0.25, 0.3) is 0 Å². The maximum atomic E-state index is 12.1. The van der Waals surface area contributed by atoms with Crippen LogP contribution in [0, 0.1) is 10.1 Å². The molecule has 0 atom stereocenters. The molecule has 1 rings (SSSR count). The predicted octanol–water partition coefficient (Wildman–Crippen LogP) is 1.80. The first-order chi connectivity index (χ1) is 9.34. The molecule has 7 heteroatoms. The van der Waals surface area contributed by atoms with Crippen LogP contribution in [0.5, 0.6) is 5.75 Å². The van der Waals surface area contributed by atoms with Crippen LogP contribution >= 0.6 is 0 Å². The number of ether oxygens (including phenoxy) is 1. The Morgan fingerprint density at radius 2 is 2.15 bits per heavy atom. The average molecular weight is 282 g/mol. The van der Waals surface area contributed by atoms with Crippen LogP contribution in [0.2, 0.25) is 0 Å². The summed E-state index contributed by atoms with van der Waals surface area (Å²) < 4.78 is 5.33. The minimum Gasteiger partial charge on any atom is -0.502 e. The van der Waals surface area contributed by atoms with Crippen LogP contribution in [0.1, 0.15) is 24.2 Å². The lowest BCUT2D eigenvalue weighted by Gasteiger charge is -2.18. The lowest BCUT2D eigenvalue weighted by atomic mass is 10.1. The number of nitro groups is 1. The SMILES string of the molecule is CC(C)OCCN(C)C(=O)c1cccc([N+](=O)[O-])c1O. The van der Waals surface area contributed by atoms with E-state index in [2.05, 4.69) is 0 Å². The molecular weight excluding hydrogens is 264 g/mol. The van der Waals surface area contributed by atoms with Gasteiger partial charge in [0, 0.05) is 19.7 Å². The fraction of sp³-hybridized carbons (Fsp3) is 0.462. The molecule has 0 unspecified atom stereocenters. The Morgan fingerprint density at radius 3 is 2.70 bits per heavy atom. The summed E-state index contributed by atoms with van der Waals surface area (Å²) in [4.78, 5) is 23.4. The summed E-state index contributed by atoms with van der Waals surface area (Å²) in [6.07, 6.45) is 0.0599. The summed E-state index contributed by atoms with van der Waals surface area (Å²) in [6, 6.07) is 3.86. The van der Waals surface area contributed by atoms with Crippen molar-refractivity contribution in [2.75, 3.05) is 20.2 Å². The second-order valence-corrected chi connectivity index (χ2v) is 4.58. The van der Waals surface area contributed by atoms with Gasteiger partial charge in [-0.25, -0.2) is 0 Å². The highest BCUT2D eigenvalue weighted by Gasteiger charge is 2.22. The number of phenols is 1. The molecule has 7 nitrogen and oxygen atoms in total. The van der Waals surface area contributed by atoms with Gasteiger partial charge in [0.05, 0.1) is 23.2 Å². The van der Waals surface area contributed by atoms with Gasteiger partial charge in [-0.2, -0.15) is 0 Å². The third-order valence-electron chi connectivity index (χ3n) is 2.67. The maximum absolute atomic E-state index is 12.1. The molecule has 0 saturated carbocycles. The van der Waals surface area contributed by atoms with Crippen molar-refractivity contribution in [2.45, 2.75) is 20.0 Å². The lowest BCUT2D eigenvalue weighted by Crippen LogP contribution is -2.30. The smallest absolute Gasteiger partial charge is 0.311 e. The maximum Gasteiger partial charge on any atom is 0.311 e. The monoisotopic (exact) mass is 282 g/mol. The third kappa shape index (κ3) is 3.92. The van der Waals surface area contributed by atoms with Gasteiger partial charge in [0.1, 0.15) is 0 Å². The second-order valence-electron chi connectivity index (χ2n) is 4.58. The quantitative estimate of drug-likeness (QED) is 0.634. The van der Waals surface area contributed by atoms with Gasteiger partial charge in [0.25, 0.3) is 5.91 Å². The number of para-hydroxylation sites is 1. The van der Waals surface area contributed by atoms with E-state index in [1.165, 1.54) is 17.0 Å². The zero-order valence-electron chi connectivity index (χ0n) is 11.7. The van der Waals surface area contributed by atoms with E-state index in [9.17, 15) is 20.0 Å². The molecule has 0 fully saturated rings. The average Bonchev–Trinajstić information content (AvgIpc) is 2.37. The number of carbonyl (C=O) groups is 1. The van der Waals surface area contributed by atoms with Crippen LogP contribution in [-0.2, 0) is 4.74 Å². The van der Waals surface area contributed by atoms with E-state index in [0.29, 0.717) is 13.2 Å². The molecule has 0 aromatic heterocycles. The zero-order chi connectivity index (χ0) is 15.3. The highest BCUT2D eigenvalue weighted by atomic mass is 16.6. The van der Waals surface area contributed by atoms with Crippen molar-refractivity contribution >= 4 is 11.6 Å². The summed E-state index contributed by atoms with van der Waals surface area (Å²) in [7, 11) is 1.55. The number of aromatic hydroxyl groups is 1. The van der Waals surface area contributed by atoms with Gasteiger partial charge in [0.2, 0.25) is 5.75 Å². The molecule has 1 N–H and O–H groups in total. The van der Waals surface area contributed by atoms with Crippen LogP contribution in [0.15, 0.2) is 18.2 Å². The Balaban J connectivity index is 2.81. The molecule has 0 aliphatic rings. The lowest BCUT2D eigenvalue weighted by molar-refractivity contribution is -0.385. The minimum absolute atomic E-state index is 0.0599. The van der Waals surface area contributed by atoms with Gasteiger partial charge in [0.15, 0.2) is 0 Å². The summed E-state index contributed by atoms with van der Waals surface area (Å²) in [5.74, 6) is -1.10.